The highest BCUT2D eigenvalue weighted by Crippen LogP contribution is 2.18. The first-order valence-corrected chi connectivity index (χ1v) is 8.11. The van der Waals surface area contributed by atoms with E-state index in [0.29, 0.717) is 25.2 Å². The van der Waals surface area contributed by atoms with E-state index in [4.69, 9.17) is 10.5 Å². The van der Waals surface area contributed by atoms with Crippen molar-refractivity contribution in [3.8, 4) is 0 Å². The Balaban J connectivity index is 2.09. The van der Waals surface area contributed by atoms with E-state index in [1.807, 2.05) is 27.7 Å². The van der Waals surface area contributed by atoms with Crippen LogP contribution in [0.4, 0.5) is 4.79 Å². The maximum Gasteiger partial charge on any atom is 0.410 e. The first-order valence-electron chi connectivity index (χ1n) is 8.11. The van der Waals surface area contributed by atoms with E-state index in [2.05, 4.69) is 5.10 Å². The predicted octanol–water partition coefficient (Wildman–Crippen LogP) is 0.749. The van der Waals surface area contributed by atoms with E-state index in [9.17, 15) is 9.59 Å². The molecule has 1 atom stereocenters. The van der Waals surface area contributed by atoms with E-state index in [-0.39, 0.29) is 24.6 Å². The second-order valence-electron chi connectivity index (χ2n) is 7.08. The number of piperazine rings is 1. The number of carbonyl (C=O) groups is 2. The molecule has 24 heavy (non-hydrogen) atoms. The van der Waals surface area contributed by atoms with Crippen molar-refractivity contribution in [2.45, 2.75) is 39.3 Å². The number of nitrogens with zero attached hydrogens (tertiary/aromatic N) is 4. The monoisotopic (exact) mass is 337 g/mol. The average molecular weight is 337 g/mol. The van der Waals surface area contributed by atoms with Crippen molar-refractivity contribution in [1.29, 1.82) is 0 Å². The molecule has 1 saturated heterocycles. The van der Waals surface area contributed by atoms with Crippen LogP contribution in [-0.2, 0) is 11.8 Å². The zero-order valence-corrected chi connectivity index (χ0v) is 15.1. The molecular formula is C16H27N5O3. The van der Waals surface area contributed by atoms with Crippen molar-refractivity contribution >= 4 is 12.0 Å². The van der Waals surface area contributed by atoms with Gasteiger partial charge in [-0.15, -0.1) is 0 Å². The van der Waals surface area contributed by atoms with Gasteiger partial charge in [-0.05, 0) is 27.7 Å². The van der Waals surface area contributed by atoms with Crippen molar-refractivity contribution < 1.29 is 14.3 Å². The van der Waals surface area contributed by atoms with Gasteiger partial charge in [0.15, 0.2) is 0 Å². The first kappa shape index (κ1) is 18.3. The van der Waals surface area contributed by atoms with Gasteiger partial charge in [-0.1, -0.05) is 0 Å². The maximum absolute atomic E-state index is 12.8. The van der Waals surface area contributed by atoms with Crippen LogP contribution in [0.15, 0.2) is 6.20 Å². The van der Waals surface area contributed by atoms with Crippen molar-refractivity contribution in [1.82, 2.24) is 19.6 Å². The molecule has 8 heteroatoms. The van der Waals surface area contributed by atoms with Gasteiger partial charge in [0.2, 0.25) is 0 Å². The lowest BCUT2D eigenvalue weighted by molar-refractivity contribution is 0.00525. The summed E-state index contributed by atoms with van der Waals surface area (Å²) in [5, 5.41) is 4.12. The second-order valence-corrected chi connectivity index (χ2v) is 7.08. The third-order valence-electron chi connectivity index (χ3n) is 4.13. The number of ether oxygens (including phenoxy) is 1. The molecule has 1 aromatic heterocycles. The lowest BCUT2D eigenvalue weighted by Gasteiger charge is -2.41. The predicted molar refractivity (Wildman–Crippen MR) is 89.6 cm³/mol. The molecule has 1 aliphatic heterocycles. The molecule has 8 nitrogen and oxygen atoms in total. The second kappa shape index (κ2) is 6.80. The average Bonchev–Trinajstić information content (AvgIpc) is 2.84. The summed E-state index contributed by atoms with van der Waals surface area (Å²) in [6.07, 6.45) is 1.21. The van der Waals surface area contributed by atoms with E-state index in [1.165, 1.54) is 0 Å². The molecule has 2 rings (SSSR count). The molecule has 2 heterocycles. The number of hydrogen-bond donors (Lipinski definition) is 1. The van der Waals surface area contributed by atoms with Gasteiger partial charge >= 0.3 is 6.09 Å². The molecule has 0 spiro atoms. The minimum Gasteiger partial charge on any atom is -0.444 e. The summed E-state index contributed by atoms with van der Waals surface area (Å²) in [6.45, 7) is 8.85. The normalized spacial score (nSPS) is 18.7. The highest BCUT2D eigenvalue weighted by atomic mass is 16.6. The summed E-state index contributed by atoms with van der Waals surface area (Å²) in [6, 6.07) is -0.238. The SMILES string of the molecule is Cc1c(C(=O)N2CCN(C(=O)OC(C)(C)C)CC2CN)cnn1C. The molecule has 2 amide bonds. The Morgan fingerprint density at radius 2 is 2.04 bits per heavy atom. The van der Waals surface area contributed by atoms with Gasteiger partial charge in [0.1, 0.15) is 5.60 Å². The van der Waals surface area contributed by atoms with E-state index >= 15 is 0 Å². The summed E-state index contributed by atoms with van der Waals surface area (Å²) in [4.78, 5) is 28.4. The molecule has 1 aromatic rings. The molecule has 0 aromatic carbocycles. The van der Waals surface area contributed by atoms with Crippen LogP contribution in [0.3, 0.4) is 0 Å². The smallest absolute Gasteiger partial charge is 0.410 e. The Kier molecular flexibility index (Phi) is 5.17. The van der Waals surface area contributed by atoms with Crippen molar-refractivity contribution in [3.63, 3.8) is 0 Å². The van der Waals surface area contributed by atoms with Crippen LogP contribution in [0.2, 0.25) is 0 Å². The van der Waals surface area contributed by atoms with Crippen molar-refractivity contribution in [2.24, 2.45) is 12.8 Å². The number of aromatic nitrogens is 2. The van der Waals surface area contributed by atoms with Crippen LogP contribution < -0.4 is 5.73 Å². The van der Waals surface area contributed by atoms with E-state index in [1.54, 1.807) is 27.7 Å². The van der Waals surface area contributed by atoms with Crippen LogP contribution in [0.1, 0.15) is 36.8 Å². The van der Waals surface area contributed by atoms with Gasteiger partial charge in [0, 0.05) is 38.9 Å². The van der Waals surface area contributed by atoms with E-state index in [0.717, 1.165) is 5.69 Å². The number of nitrogens with two attached hydrogens (primary N) is 1. The summed E-state index contributed by atoms with van der Waals surface area (Å²) in [7, 11) is 1.80. The molecular weight excluding hydrogens is 310 g/mol. The highest BCUT2D eigenvalue weighted by molar-refractivity contribution is 5.95. The minimum atomic E-state index is -0.547. The summed E-state index contributed by atoms with van der Waals surface area (Å²) in [5.74, 6) is -0.0973. The largest absolute Gasteiger partial charge is 0.444 e. The number of amides is 2. The fraction of sp³-hybridized carbons (Fsp3) is 0.688. The quantitative estimate of drug-likeness (QED) is 0.859. The Bertz CT molecular complexity index is 620. The number of rotatable bonds is 2. The highest BCUT2D eigenvalue weighted by Gasteiger charge is 2.34. The van der Waals surface area contributed by atoms with Gasteiger partial charge in [-0.3, -0.25) is 9.48 Å². The lowest BCUT2D eigenvalue weighted by Crippen LogP contribution is -2.59. The maximum atomic E-state index is 12.8. The van der Waals surface area contributed by atoms with Crippen LogP contribution in [-0.4, -0.2) is 69.4 Å². The van der Waals surface area contributed by atoms with Gasteiger partial charge in [-0.25, -0.2) is 4.79 Å². The third kappa shape index (κ3) is 3.87. The Morgan fingerprint density at radius 1 is 1.38 bits per heavy atom. The fourth-order valence-corrected chi connectivity index (χ4v) is 2.68. The molecule has 1 fully saturated rings. The van der Waals surface area contributed by atoms with Crippen molar-refractivity contribution in [3.05, 3.63) is 17.5 Å². The molecule has 0 saturated carbocycles. The Hall–Kier alpha value is -2.09. The Morgan fingerprint density at radius 3 is 2.54 bits per heavy atom. The first-order chi connectivity index (χ1) is 11.1. The van der Waals surface area contributed by atoms with Gasteiger partial charge < -0.3 is 20.3 Å². The van der Waals surface area contributed by atoms with Crippen LogP contribution in [0, 0.1) is 6.92 Å². The van der Waals surface area contributed by atoms with Gasteiger partial charge in [0.05, 0.1) is 17.8 Å². The van der Waals surface area contributed by atoms with Crippen LogP contribution >= 0.6 is 0 Å². The third-order valence-corrected chi connectivity index (χ3v) is 4.13. The standard InChI is InChI=1S/C16H27N5O3/c1-11-13(9-18-19(11)5)14(22)21-7-6-20(10-12(21)8-17)15(23)24-16(2,3)4/h9,12H,6-8,10,17H2,1-5H3. The van der Waals surface area contributed by atoms with Crippen molar-refractivity contribution in [2.75, 3.05) is 26.2 Å². The topological polar surface area (TPSA) is 93.7 Å². The fourth-order valence-electron chi connectivity index (χ4n) is 2.68. The number of carbonyl (C=O) groups excluding carboxylic acids is 2. The molecule has 0 aliphatic carbocycles. The van der Waals surface area contributed by atoms with Crippen LogP contribution in [0.25, 0.3) is 0 Å². The zero-order chi connectivity index (χ0) is 18.1. The number of hydrogen-bond acceptors (Lipinski definition) is 5. The minimum absolute atomic E-state index is 0.0973. The zero-order valence-electron chi connectivity index (χ0n) is 15.1. The van der Waals surface area contributed by atoms with E-state index < -0.39 is 5.60 Å². The number of aryl methyl sites for hydroxylation is 1. The summed E-state index contributed by atoms with van der Waals surface area (Å²) in [5.41, 5.74) is 6.68. The summed E-state index contributed by atoms with van der Waals surface area (Å²) < 4.78 is 7.07. The summed E-state index contributed by atoms with van der Waals surface area (Å²) >= 11 is 0. The van der Waals surface area contributed by atoms with Gasteiger partial charge in [0.25, 0.3) is 5.91 Å². The molecule has 1 unspecified atom stereocenters. The molecule has 1 aliphatic rings. The van der Waals surface area contributed by atoms with Gasteiger partial charge in [-0.2, -0.15) is 5.10 Å². The van der Waals surface area contributed by atoms with Crippen LogP contribution in [0.5, 0.6) is 0 Å². The molecule has 2 N–H and O–H groups in total. The lowest BCUT2D eigenvalue weighted by atomic mass is 10.1. The molecule has 0 radical (unpaired) electrons. The Labute approximate surface area is 142 Å². The molecule has 0 bridgehead atoms. The molecule has 134 valence electrons.